The third-order valence-corrected chi connectivity index (χ3v) is 10.3. The van der Waals surface area contributed by atoms with Crippen LogP contribution in [0.2, 0.25) is 0 Å². The number of rotatable bonds is 15. The molecule has 1 fully saturated rings. The van der Waals surface area contributed by atoms with Crippen molar-refractivity contribution < 1.29 is 33.2 Å². The lowest BCUT2D eigenvalue weighted by Gasteiger charge is -2.41. The first-order valence-electron chi connectivity index (χ1n) is 18.1. The molecule has 0 unspecified atom stereocenters. The summed E-state index contributed by atoms with van der Waals surface area (Å²) >= 11 is 0. The predicted octanol–water partition coefficient (Wildman–Crippen LogP) is 7.16. The molecule has 2 aliphatic rings. The number of dihydropyridines is 1. The van der Waals surface area contributed by atoms with Gasteiger partial charge in [-0.3, -0.25) is 9.88 Å². The zero-order valence-corrected chi connectivity index (χ0v) is 32.7. The number of piperidine rings is 1. The quantitative estimate of drug-likeness (QED) is 0.135. The molecule has 3 heterocycles. The van der Waals surface area contributed by atoms with E-state index in [1.807, 2.05) is 43.5 Å². The Morgan fingerprint density at radius 1 is 0.704 bits per heavy atom. The predicted molar refractivity (Wildman–Crippen MR) is 213 cm³/mol. The molecular weight excluding hydrogens is 684 g/mol. The molecule has 0 aliphatic carbocycles. The van der Waals surface area contributed by atoms with E-state index in [2.05, 4.69) is 51.5 Å². The van der Waals surface area contributed by atoms with Gasteiger partial charge in [-0.1, -0.05) is 6.08 Å². The molecule has 3 aromatic carbocycles. The maximum absolute atomic E-state index is 5.70. The number of methoxy groups -OCH3 is 7. The first kappa shape index (κ1) is 38.2. The number of ether oxygens (including phenoxy) is 7. The van der Waals surface area contributed by atoms with Gasteiger partial charge in [0.1, 0.15) is 23.0 Å². The van der Waals surface area contributed by atoms with E-state index in [0.717, 1.165) is 95.8 Å². The standard InChI is InChI=1S/C43H52N4O7/c1-28-39(50-4)18-32(19-40(28)51-5)38-17-29(11-14-44-38)26-46-15-12-33(13-16-46)47(34-22-35(48-2)24-36(23-34)49-3)27-30-9-10-37(45-25-30)31-20-41(52-6)43(54-8)42(21-31)53-7/h9-11,14,17-24,33,45H,12-13,15-16,25-27H2,1-8H3. The van der Waals surface area contributed by atoms with E-state index in [1.165, 1.54) is 11.1 Å². The second kappa shape index (κ2) is 17.5. The second-order valence-electron chi connectivity index (χ2n) is 13.4. The molecule has 1 N–H and O–H groups in total. The molecule has 11 nitrogen and oxygen atoms in total. The number of anilines is 1. The van der Waals surface area contributed by atoms with Crippen LogP contribution in [-0.4, -0.2) is 91.9 Å². The van der Waals surface area contributed by atoms with Crippen LogP contribution < -0.4 is 43.4 Å². The maximum Gasteiger partial charge on any atom is 0.203 e. The van der Waals surface area contributed by atoms with E-state index in [4.69, 9.17) is 38.1 Å². The highest BCUT2D eigenvalue weighted by atomic mass is 16.5. The van der Waals surface area contributed by atoms with Gasteiger partial charge in [-0.05, 0) is 73.4 Å². The van der Waals surface area contributed by atoms with Crippen LogP contribution in [0.3, 0.4) is 0 Å². The largest absolute Gasteiger partial charge is 0.497 e. The minimum atomic E-state index is 0.319. The zero-order chi connectivity index (χ0) is 38.2. The summed E-state index contributed by atoms with van der Waals surface area (Å²) < 4.78 is 39.4. The van der Waals surface area contributed by atoms with Gasteiger partial charge in [-0.2, -0.15) is 0 Å². The van der Waals surface area contributed by atoms with Crippen LogP contribution in [0.5, 0.6) is 40.2 Å². The average Bonchev–Trinajstić information content (AvgIpc) is 3.22. The summed E-state index contributed by atoms with van der Waals surface area (Å²) in [6.07, 6.45) is 8.25. The molecule has 286 valence electrons. The van der Waals surface area contributed by atoms with Crippen LogP contribution in [0, 0.1) is 6.92 Å². The van der Waals surface area contributed by atoms with E-state index in [-0.39, 0.29) is 0 Å². The lowest BCUT2D eigenvalue weighted by molar-refractivity contribution is 0.202. The summed E-state index contributed by atoms with van der Waals surface area (Å²) in [5.74, 6) is 4.91. The fourth-order valence-corrected chi connectivity index (χ4v) is 7.29. The first-order chi connectivity index (χ1) is 26.3. The minimum Gasteiger partial charge on any atom is -0.497 e. The molecule has 54 heavy (non-hydrogen) atoms. The van der Waals surface area contributed by atoms with Gasteiger partial charge in [-0.25, -0.2) is 0 Å². The van der Waals surface area contributed by atoms with Crippen molar-refractivity contribution in [2.75, 3.05) is 80.8 Å². The van der Waals surface area contributed by atoms with Crippen LogP contribution >= 0.6 is 0 Å². The smallest absolute Gasteiger partial charge is 0.203 e. The molecule has 0 bridgehead atoms. The monoisotopic (exact) mass is 736 g/mol. The van der Waals surface area contributed by atoms with Gasteiger partial charge in [0.15, 0.2) is 11.5 Å². The van der Waals surface area contributed by atoms with Gasteiger partial charge in [-0.15, -0.1) is 0 Å². The van der Waals surface area contributed by atoms with Gasteiger partial charge in [0.05, 0.1) is 55.5 Å². The Labute approximate surface area is 319 Å². The normalized spacial score (nSPS) is 14.7. The first-order valence-corrected chi connectivity index (χ1v) is 18.1. The number of benzene rings is 3. The Morgan fingerprint density at radius 3 is 1.85 bits per heavy atom. The minimum absolute atomic E-state index is 0.319. The number of hydrogen-bond acceptors (Lipinski definition) is 11. The molecular formula is C43H52N4O7. The molecule has 2 aliphatic heterocycles. The van der Waals surface area contributed by atoms with Crippen molar-refractivity contribution in [2.45, 2.75) is 32.4 Å². The Kier molecular flexibility index (Phi) is 12.4. The van der Waals surface area contributed by atoms with Gasteiger partial charge >= 0.3 is 0 Å². The molecule has 6 rings (SSSR count). The molecule has 0 spiro atoms. The van der Waals surface area contributed by atoms with Crippen molar-refractivity contribution in [2.24, 2.45) is 0 Å². The molecule has 1 aromatic heterocycles. The van der Waals surface area contributed by atoms with E-state index in [1.54, 1.807) is 49.8 Å². The van der Waals surface area contributed by atoms with Gasteiger partial charge in [0.25, 0.3) is 0 Å². The Balaban J connectivity index is 1.20. The fraction of sp³-hybridized carbons (Fsp3) is 0.372. The fourth-order valence-electron chi connectivity index (χ4n) is 7.29. The van der Waals surface area contributed by atoms with E-state index < -0.39 is 0 Å². The molecule has 0 atom stereocenters. The molecule has 0 radical (unpaired) electrons. The van der Waals surface area contributed by atoms with Gasteiger partial charge in [0, 0.05) is 91.2 Å². The van der Waals surface area contributed by atoms with Crippen molar-refractivity contribution >= 4 is 11.4 Å². The summed E-state index contributed by atoms with van der Waals surface area (Å²) in [6.45, 7) is 6.23. The van der Waals surface area contributed by atoms with Gasteiger partial charge < -0.3 is 43.4 Å². The van der Waals surface area contributed by atoms with Crippen LogP contribution in [0.15, 0.2) is 78.5 Å². The van der Waals surface area contributed by atoms with Crippen LogP contribution in [0.1, 0.15) is 29.5 Å². The summed E-state index contributed by atoms with van der Waals surface area (Å²) in [4.78, 5) is 9.74. The van der Waals surface area contributed by atoms with E-state index >= 15 is 0 Å². The molecule has 4 aromatic rings. The number of likely N-dealkylation sites (tertiary alicyclic amines) is 1. The van der Waals surface area contributed by atoms with Crippen molar-refractivity contribution in [1.82, 2.24) is 15.2 Å². The maximum atomic E-state index is 5.70. The van der Waals surface area contributed by atoms with Crippen LogP contribution in [-0.2, 0) is 6.54 Å². The molecule has 0 amide bonds. The Hall–Kier alpha value is -5.55. The zero-order valence-electron chi connectivity index (χ0n) is 32.7. The van der Waals surface area contributed by atoms with Crippen molar-refractivity contribution in [3.05, 3.63) is 95.2 Å². The summed E-state index contributed by atoms with van der Waals surface area (Å²) in [7, 11) is 11.6. The van der Waals surface area contributed by atoms with Crippen molar-refractivity contribution in [3.8, 4) is 51.5 Å². The van der Waals surface area contributed by atoms with Gasteiger partial charge in [0.2, 0.25) is 5.75 Å². The Bertz CT molecular complexity index is 1910. The Morgan fingerprint density at radius 2 is 1.31 bits per heavy atom. The number of hydrogen-bond donors (Lipinski definition) is 1. The number of nitrogens with one attached hydrogen (secondary N) is 1. The topological polar surface area (TPSA) is 96.0 Å². The van der Waals surface area contributed by atoms with Crippen LogP contribution in [0.4, 0.5) is 5.69 Å². The number of nitrogens with zero attached hydrogens (tertiary/aromatic N) is 3. The van der Waals surface area contributed by atoms with Crippen molar-refractivity contribution in [3.63, 3.8) is 0 Å². The summed E-state index contributed by atoms with van der Waals surface area (Å²) in [5, 5.41) is 3.63. The number of pyridine rings is 1. The highest BCUT2D eigenvalue weighted by molar-refractivity contribution is 5.72. The third-order valence-electron chi connectivity index (χ3n) is 10.3. The second-order valence-corrected chi connectivity index (χ2v) is 13.4. The molecule has 11 heteroatoms. The van der Waals surface area contributed by atoms with Crippen molar-refractivity contribution in [1.29, 1.82) is 0 Å². The number of aromatic nitrogens is 1. The lowest BCUT2D eigenvalue weighted by Crippen LogP contribution is -2.46. The summed E-state index contributed by atoms with van der Waals surface area (Å²) in [5.41, 5.74) is 8.35. The number of allylic oxidation sites excluding steroid dienone is 2. The lowest BCUT2D eigenvalue weighted by atomic mass is 9.99. The third kappa shape index (κ3) is 8.47. The SMILES string of the molecule is COc1cc(OC)cc(N(CC2=CC=C(c3cc(OC)c(OC)c(OC)c3)NC2)C2CCN(Cc3ccnc(-c4cc(OC)c(C)c(OC)c4)c3)CC2)c1. The molecule has 1 saturated heterocycles. The summed E-state index contributed by atoms with van der Waals surface area (Å²) in [6, 6.07) is 18.7. The van der Waals surface area contributed by atoms with Crippen LogP contribution in [0.25, 0.3) is 17.0 Å². The highest BCUT2D eigenvalue weighted by Crippen LogP contribution is 2.40. The molecule has 0 saturated carbocycles. The highest BCUT2D eigenvalue weighted by Gasteiger charge is 2.27. The average molecular weight is 737 g/mol. The van der Waals surface area contributed by atoms with E-state index in [9.17, 15) is 0 Å². The van der Waals surface area contributed by atoms with E-state index in [0.29, 0.717) is 29.8 Å².